The van der Waals surface area contributed by atoms with Crippen LogP contribution in [0.3, 0.4) is 0 Å². The van der Waals surface area contributed by atoms with E-state index in [1.165, 1.54) is 30.2 Å². The lowest BCUT2D eigenvalue weighted by molar-refractivity contribution is -0.139. The summed E-state index contributed by atoms with van der Waals surface area (Å²) in [5.74, 6) is -0.591. The molecule has 0 aliphatic carbocycles. The van der Waals surface area contributed by atoms with Gasteiger partial charge in [-0.15, -0.1) is 23.1 Å². The molecule has 2 aromatic carbocycles. The minimum atomic E-state index is -0.409. The molecule has 5 nitrogen and oxygen atoms in total. The minimum Gasteiger partial charge on any atom is -0.468 e. The summed E-state index contributed by atoms with van der Waals surface area (Å²) in [5.41, 5.74) is 2.31. The molecule has 3 rings (SSSR count). The molecule has 3 aromatic rings. The lowest BCUT2D eigenvalue weighted by Crippen LogP contribution is -2.17. The predicted octanol–water partition coefficient (Wildman–Crippen LogP) is 4.72. The zero-order chi connectivity index (χ0) is 19.2. The quantitative estimate of drug-likeness (QED) is 0.481. The first kappa shape index (κ1) is 19.1. The Kier molecular flexibility index (Phi) is 6.26. The molecule has 1 unspecified atom stereocenters. The molecule has 0 spiro atoms. The molecule has 0 saturated heterocycles. The number of esters is 1. The Morgan fingerprint density at radius 1 is 1.11 bits per heavy atom. The van der Waals surface area contributed by atoms with Gasteiger partial charge in [0.15, 0.2) is 5.13 Å². The summed E-state index contributed by atoms with van der Waals surface area (Å²) in [5, 5.41) is 4.87. The third kappa shape index (κ3) is 4.75. The molecule has 138 valence electrons. The van der Waals surface area contributed by atoms with Gasteiger partial charge in [-0.2, -0.15) is 0 Å². The maximum Gasteiger partial charge on any atom is 0.318 e. The molecule has 0 saturated carbocycles. The zero-order valence-corrected chi connectivity index (χ0v) is 16.5. The Labute approximate surface area is 165 Å². The summed E-state index contributed by atoms with van der Waals surface area (Å²) in [6.07, 6.45) is 0. The highest BCUT2D eigenvalue weighted by Crippen LogP contribution is 2.29. The van der Waals surface area contributed by atoms with Crippen LogP contribution in [0.5, 0.6) is 0 Å². The van der Waals surface area contributed by atoms with E-state index >= 15 is 0 Å². The molecular formula is C20H18N2O3S2. The number of nitrogens with one attached hydrogen (secondary N) is 1. The summed E-state index contributed by atoms with van der Waals surface area (Å²) in [6.45, 7) is 1.75. The lowest BCUT2D eigenvalue weighted by atomic mass is 10.2. The number of aromatic nitrogens is 1. The second-order valence-corrected chi connectivity index (χ2v) is 7.88. The van der Waals surface area contributed by atoms with Crippen molar-refractivity contribution in [2.75, 3.05) is 12.4 Å². The monoisotopic (exact) mass is 398 g/mol. The van der Waals surface area contributed by atoms with E-state index < -0.39 is 5.25 Å². The van der Waals surface area contributed by atoms with Crippen LogP contribution < -0.4 is 5.32 Å². The molecule has 0 aliphatic heterocycles. The number of amides is 1. The molecule has 0 radical (unpaired) electrons. The molecule has 0 bridgehead atoms. The number of carbonyl (C=O) groups excluding carboxylic acids is 2. The van der Waals surface area contributed by atoms with Crippen LogP contribution in [0, 0.1) is 0 Å². The van der Waals surface area contributed by atoms with Crippen molar-refractivity contribution < 1.29 is 14.3 Å². The highest BCUT2D eigenvalue weighted by molar-refractivity contribution is 8.00. The fraction of sp³-hybridized carbons (Fsp3) is 0.150. The maximum atomic E-state index is 12.7. The van der Waals surface area contributed by atoms with Gasteiger partial charge < -0.3 is 4.74 Å². The van der Waals surface area contributed by atoms with E-state index in [0.717, 1.165) is 11.3 Å². The lowest BCUT2D eigenvalue weighted by Gasteiger charge is -2.12. The number of thioether (sulfide) groups is 1. The number of nitrogens with zero attached hydrogens (tertiary/aromatic N) is 1. The Morgan fingerprint density at radius 3 is 2.56 bits per heavy atom. The van der Waals surface area contributed by atoms with Gasteiger partial charge in [0.1, 0.15) is 5.25 Å². The zero-order valence-electron chi connectivity index (χ0n) is 14.8. The van der Waals surface area contributed by atoms with Crippen molar-refractivity contribution in [3.63, 3.8) is 0 Å². The summed E-state index contributed by atoms with van der Waals surface area (Å²) in [6, 6.07) is 17.0. The van der Waals surface area contributed by atoms with Crippen LogP contribution in [0.15, 0.2) is 64.9 Å². The molecule has 0 aliphatic rings. The maximum absolute atomic E-state index is 12.7. The number of carbonyl (C=O) groups is 2. The Hall–Kier alpha value is -2.64. The molecular weight excluding hydrogens is 380 g/mol. The second kappa shape index (κ2) is 8.83. The molecule has 7 heteroatoms. The van der Waals surface area contributed by atoms with Gasteiger partial charge in [0.05, 0.1) is 18.4 Å². The van der Waals surface area contributed by atoms with Crippen molar-refractivity contribution in [3.05, 3.63) is 65.5 Å². The molecule has 27 heavy (non-hydrogen) atoms. The van der Waals surface area contributed by atoms with Crippen LogP contribution in [0.2, 0.25) is 0 Å². The highest BCUT2D eigenvalue weighted by atomic mass is 32.2. The molecule has 1 amide bonds. The minimum absolute atomic E-state index is 0.260. The number of benzene rings is 2. The van der Waals surface area contributed by atoms with Crippen LogP contribution in [-0.2, 0) is 9.53 Å². The predicted molar refractivity (Wildman–Crippen MR) is 109 cm³/mol. The van der Waals surface area contributed by atoms with Gasteiger partial charge in [-0.25, -0.2) is 4.98 Å². The van der Waals surface area contributed by atoms with Crippen molar-refractivity contribution in [1.82, 2.24) is 4.98 Å². The number of hydrogen-bond acceptors (Lipinski definition) is 6. The second-order valence-electron chi connectivity index (χ2n) is 5.64. The SMILES string of the molecule is COC(=O)C(C)Sc1ccccc1C(=O)Nc1nc(-c2ccccc2)cs1. The van der Waals surface area contributed by atoms with Crippen molar-refractivity contribution in [2.24, 2.45) is 0 Å². The van der Waals surface area contributed by atoms with Crippen molar-refractivity contribution in [1.29, 1.82) is 0 Å². The van der Waals surface area contributed by atoms with E-state index in [4.69, 9.17) is 4.74 Å². The molecule has 0 fully saturated rings. The van der Waals surface area contributed by atoms with Gasteiger partial charge in [-0.3, -0.25) is 14.9 Å². The first-order chi connectivity index (χ1) is 13.1. The fourth-order valence-electron chi connectivity index (χ4n) is 2.40. The van der Waals surface area contributed by atoms with E-state index in [0.29, 0.717) is 15.6 Å². The Balaban J connectivity index is 1.75. The van der Waals surface area contributed by atoms with Gasteiger partial charge >= 0.3 is 5.97 Å². The number of ether oxygens (including phenoxy) is 1. The highest BCUT2D eigenvalue weighted by Gasteiger charge is 2.19. The third-order valence-corrected chi connectivity index (χ3v) is 5.68. The third-order valence-electron chi connectivity index (χ3n) is 3.76. The largest absolute Gasteiger partial charge is 0.468 e. The van der Waals surface area contributed by atoms with Gasteiger partial charge in [-0.1, -0.05) is 42.5 Å². The van der Waals surface area contributed by atoms with Crippen molar-refractivity contribution in [2.45, 2.75) is 17.1 Å². The summed E-state index contributed by atoms with van der Waals surface area (Å²) in [4.78, 5) is 29.6. The van der Waals surface area contributed by atoms with Gasteiger partial charge in [0, 0.05) is 15.8 Å². The fourth-order valence-corrected chi connectivity index (χ4v) is 4.13. The summed E-state index contributed by atoms with van der Waals surface area (Å²) < 4.78 is 4.76. The number of thiazole rings is 1. The van der Waals surface area contributed by atoms with E-state index in [2.05, 4.69) is 10.3 Å². The number of anilines is 1. The van der Waals surface area contributed by atoms with Crippen LogP contribution >= 0.6 is 23.1 Å². The first-order valence-corrected chi connectivity index (χ1v) is 10.00. The average molecular weight is 399 g/mol. The first-order valence-electron chi connectivity index (χ1n) is 8.24. The standard InChI is InChI=1S/C20H18N2O3S2/c1-13(19(24)25-2)27-17-11-7-6-10-15(17)18(23)22-20-21-16(12-26-20)14-8-4-3-5-9-14/h3-13H,1-2H3,(H,21,22,23). The van der Waals surface area contributed by atoms with Gasteiger partial charge in [-0.05, 0) is 19.1 Å². The number of rotatable bonds is 6. The summed E-state index contributed by atoms with van der Waals surface area (Å²) in [7, 11) is 1.35. The van der Waals surface area contributed by atoms with E-state index in [1.54, 1.807) is 19.1 Å². The summed E-state index contributed by atoms with van der Waals surface area (Å²) >= 11 is 2.66. The van der Waals surface area contributed by atoms with Crippen LogP contribution in [0.25, 0.3) is 11.3 Å². The van der Waals surface area contributed by atoms with E-state index in [9.17, 15) is 9.59 Å². The smallest absolute Gasteiger partial charge is 0.318 e. The topological polar surface area (TPSA) is 68.3 Å². The van der Waals surface area contributed by atoms with Crippen LogP contribution in [0.1, 0.15) is 17.3 Å². The van der Waals surface area contributed by atoms with Crippen molar-refractivity contribution >= 4 is 40.1 Å². The van der Waals surface area contributed by atoms with E-state index in [-0.39, 0.29) is 11.9 Å². The molecule has 1 aromatic heterocycles. The van der Waals surface area contributed by atoms with E-state index in [1.807, 2.05) is 47.8 Å². The average Bonchev–Trinajstić information content (AvgIpc) is 3.16. The molecule has 1 N–H and O–H groups in total. The Morgan fingerprint density at radius 2 is 1.81 bits per heavy atom. The number of methoxy groups -OCH3 is 1. The van der Waals surface area contributed by atoms with Gasteiger partial charge in [0.2, 0.25) is 0 Å². The normalized spacial score (nSPS) is 11.6. The number of hydrogen-bond donors (Lipinski definition) is 1. The van der Waals surface area contributed by atoms with Crippen LogP contribution in [-0.4, -0.2) is 29.2 Å². The molecule has 1 atom stereocenters. The van der Waals surface area contributed by atoms with Gasteiger partial charge in [0.25, 0.3) is 5.91 Å². The molecule has 1 heterocycles. The van der Waals surface area contributed by atoms with Crippen LogP contribution in [0.4, 0.5) is 5.13 Å². The van der Waals surface area contributed by atoms with Crippen molar-refractivity contribution in [3.8, 4) is 11.3 Å². The Bertz CT molecular complexity index is 941.